The average molecular weight is 144 g/mol. The van der Waals surface area contributed by atoms with Gasteiger partial charge in [0, 0.05) is 6.20 Å². The normalized spacial score (nSPS) is 10.3. The Balaban J connectivity index is 2.88. The van der Waals surface area contributed by atoms with Crippen LogP contribution in [0.15, 0.2) is 18.8 Å². The number of nitrogens with zero attached hydrogens (tertiary/aromatic N) is 2. The maximum absolute atomic E-state index is 11.8. The fourth-order valence-electron chi connectivity index (χ4n) is 0.570. The van der Waals surface area contributed by atoms with Crippen molar-refractivity contribution in [2.75, 3.05) is 0 Å². The van der Waals surface area contributed by atoms with Gasteiger partial charge in [-0.25, -0.2) is 4.68 Å². The van der Waals surface area contributed by atoms with Gasteiger partial charge in [-0.1, -0.05) is 6.58 Å². The van der Waals surface area contributed by atoms with Gasteiger partial charge in [0.2, 0.25) is 0 Å². The van der Waals surface area contributed by atoms with E-state index in [1.165, 1.54) is 18.3 Å². The lowest BCUT2D eigenvalue weighted by Crippen LogP contribution is -1.97. The number of alkyl halides is 2. The molecule has 0 spiro atoms. The van der Waals surface area contributed by atoms with Crippen LogP contribution >= 0.6 is 0 Å². The van der Waals surface area contributed by atoms with Crippen molar-refractivity contribution in [3.8, 4) is 0 Å². The van der Waals surface area contributed by atoms with E-state index in [-0.39, 0.29) is 0 Å². The van der Waals surface area contributed by atoms with Crippen LogP contribution in [-0.2, 0) is 0 Å². The van der Waals surface area contributed by atoms with Crippen molar-refractivity contribution in [2.45, 2.75) is 6.55 Å². The summed E-state index contributed by atoms with van der Waals surface area (Å²) in [4.78, 5) is 0. The largest absolute Gasteiger partial charge is 0.333 e. The lowest BCUT2D eigenvalue weighted by atomic mass is 10.4. The quantitative estimate of drug-likeness (QED) is 0.620. The van der Waals surface area contributed by atoms with Crippen molar-refractivity contribution < 1.29 is 8.78 Å². The molecule has 0 amide bonds. The van der Waals surface area contributed by atoms with Gasteiger partial charge in [0.1, 0.15) is 0 Å². The van der Waals surface area contributed by atoms with E-state index in [4.69, 9.17) is 0 Å². The van der Waals surface area contributed by atoms with Crippen molar-refractivity contribution in [2.24, 2.45) is 0 Å². The Bertz CT molecular complexity index is 229. The summed E-state index contributed by atoms with van der Waals surface area (Å²) in [7, 11) is 0. The molecule has 0 fully saturated rings. The summed E-state index contributed by atoms with van der Waals surface area (Å²) < 4.78 is 24.1. The molecule has 0 atom stereocenters. The predicted molar refractivity (Wildman–Crippen MR) is 33.6 cm³/mol. The minimum atomic E-state index is -2.56. The molecule has 0 saturated heterocycles. The minimum absolute atomic E-state index is 0.459. The molecule has 2 nitrogen and oxygen atoms in total. The number of hydrogen-bond donors (Lipinski definition) is 0. The number of hydrogen-bond acceptors (Lipinski definition) is 1. The van der Waals surface area contributed by atoms with Crippen molar-refractivity contribution in [1.82, 2.24) is 9.78 Å². The molecule has 1 rings (SSSR count). The Morgan fingerprint density at radius 1 is 1.70 bits per heavy atom. The first-order valence-electron chi connectivity index (χ1n) is 2.70. The van der Waals surface area contributed by atoms with Gasteiger partial charge in [-0.2, -0.15) is 13.9 Å². The van der Waals surface area contributed by atoms with Crippen LogP contribution in [-0.4, -0.2) is 9.78 Å². The molecule has 0 N–H and O–H groups in total. The minimum Gasteiger partial charge on any atom is -0.211 e. The summed E-state index contributed by atoms with van der Waals surface area (Å²) in [5, 5.41) is 3.48. The molecule has 1 aromatic heterocycles. The van der Waals surface area contributed by atoms with Crippen LogP contribution in [0.25, 0.3) is 6.08 Å². The van der Waals surface area contributed by atoms with E-state index >= 15 is 0 Å². The van der Waals surface area contributed by atoms with E-state index < -0.39 is 6.55 Å². The topological polar surface area (TPSA) is 17.8 Å². The average Bonchev–Trinajstić information content (AvgIpc) is 2.34. The third-order valence-corrected chi connectivity index (χ3v) is 1.04. The molecular weight excluding hydrogens is 138 g/mol. The first-order chi connectivity index (χ1) is 4.74. The van der Waals surface area contributed by atoms with Gasteiger partial charge in [-0.15, -0.1) is 0 Å². The van der Waals surface area contributed by atoms with Gasteiger partial charge in [0.15, 0.2) is 0 Å². The molecule has 0 aliphatic heterocycles. The third-order valence-electron chi connectivity index (χ3n) is 1.04. The second kappa shape index (κ2) is 2.60. The first-order valence-corrected chi connectivity index (χ1v) is 2.70. The summed E-state index contributed by atoms with van der Waals surface area (Å²) in [6.45, 7) is 0.821. The number of aromatic nitrogens is 2. The Morgan fingerprint density at radius 2 is 2.40 bits per heavy atom. The summed E-state index contributed by atoms with van der Waals surface area (Å²) in [6, 6.07) is 1.47. The molecule has 0 radical (unpaired) electrons. The lowest BCUT2D eigenvalue weighted by molar-refractivity contribution is 0.0565. The SMILES string of the molecule is C=Cc1ccn(C(F)F)n1. The zero-order valence-corrected chi connectivity index (χ0v) is 5.17. The maximum Gasteiger partial charge on any atom is 0.333 e. The van der Waals surface area contributed by atoms with Crippen LogP contribution in [0.3, 0.4) is 0 Å². The molecule has 4 heteroatoms. The highest BCUT2D eigenvalue weighted by Gasteiger charge is 2.04. The zero-order valence-electron chi connectivity index (χ0n) is 5.17. The summed E-state index contributed by atoms with van der Waals surface area (Å²) in [5.74, 6) is 0. The lowest BCUT2D eigenvalue weighted by Gasteiger charge is -1.94. The van der Waals surface area contributed by atoms with Gasteiger partial charge in [0.25, 0.3) is 0 Å². The molecule has 0 aromatic carbocycles. The van der Waals surface area contributed by atoms with Gasteiger partial charge >= 0.3 is 6.55 Å². The van der Waals surface area contributed by atoms with Crippen LogP contribution in [0, 0.1) is 0 Å². The Kier molecular flexibility index (Phi) is 1.80. The van der Waals surface area contributed by atoms with E-state index in [1.807, 2.05) is 0 Å². The fraction of sp³-hybridized carbons (Fsp3) is 0.167. The highest BCUT2D eigenvalue weighted by Crippen LogP contribution is 2.08. The number of rotatable bonds is 2. The molecule has 54 valence electrons. The molecular formula is C6H6F2N2. The van der Waals surface area contributed by atoms with E-state index in [1.54, 1.807) is 0 Å². The van der Waals surface area contributed by atoms with Crippen LogP contribution in [0.5, 0.6) is 0 Å². The summed E-state index contributed by atoms with van der Waals surface area (Å²) in [6.07, 6.45) is 2.63. The fourth-order valence-corrected chi connectivity index (χ4v) is 0.570. The molecule has 0 unspecified atom stereocenters. The van der Waals surface area contributed by atoms with Gasteiger partial charge in [-0.3, -0.25) is 0 Å². The van der Waals surface area contributed by atoms with Crippen molar-refractivity contribution in [3.05, 3.63) is 24.5 Å². The van der Waals surface area contributed by atoms with Gasteiger partial charge in [0.05, 0.1) is 5.69 Å². The highest BCUT2D eigenvalue weighted by molar-refractivity contribution is 5.39. The van der Waals surface area contributed by atoms with Crippen LogP contribution in [0.1, 0.15) is 12.2 Å². The van der Waals surface area contributed by atoms with E-state index in [0.29, 0.717) is 10.4 Å². The molecule has 0 aliphatic rings. The van der Waals surface area contributed by atoms with E-state index in [2.05, 4.69) is 11.7 Å². The molecule has 0 bridgehead atoms. The van der Waals surface area contributed by atoms with Crippen LogP contribution in [0.2, 0.25) is 0 Å². The van der Waals surface area contributed by atoms with Crippen molar-refractivity contribution in [1.29, 1.82) is 0 Å². The molecule has 0 aliphatic carbocycles. The molecule has 1 heterocycles. The molecule has 10 heavy (non-hydrogen) atoms. The zero-order chi connectivity index (χ0) is 7.56. The number of halogens is 2. The molecule has 1 aromatic rings. The predicted octanol–water partition coefficient (Wildman–Crippen LogP) is 1.92. The second-order valence-electron chi connectivity index (χ2n) is 1.70. The second-order valence-corrected chi connectivity index (χ2v) is 1.70. The maximum atomic E-state index is 11.8. The first kappa shape index (κ1) is 6.92. The Morgan fingerprint density at radius 3 is 2.70 bits per heavy atom. The standard InChI is InChI=1S/C6H6F2N2/c1-2-5-3-4-10(9-5)6(7)8/h2-4,6H,1H2. The van der Waals surface area contributed by atoms with Crippen molar-refractivity contribution in [3.63, 3.8) is 0 Å². The van der Waals surface area contributed by atoms with Gasteiger partial charge in [-0.05, 0) is 12.1 Å². The highest BCUT2D eigenvalue weighted by atomic mass is 19.3. The van der Waals surface area contributed by atoms with Crippen LogP contribution < -0.4 is 0 Å². The van der Waals surface area contributed by atoms with Gasteiger partial charge < -0.3 is 0 Å². The Labute approximate surface area is 56.8 Å². The smallest absolute Gasteiger partial charge is 0.211 e. The van der Waals surface area contributed by atoms with Crippen molar-refractivity contribution >= 4 is 6.08 Å². The van der Waals surface area contributed by atoms with Crippen LogP contribution in [0.4, 0.5) is 8.78 Å². The third kappa shape index (κ3) is 1.21. The molecule has 0 saturated carbocycles. The summed E-state index contributed by atoms with van der Waals surface area (Å²) >= 11 is 0. The van der Waals surface area contributed by atoms with E-state index in [9.17, 15) is 8.78 Å². The Hall–Kier alpha value is -1.19. The monoisotopic (exact) mass is 144 g/mol. The summed E-state index contributed by atoms with van der Waals surface area (Å²) in [5.41, 5.74) is 0.459. The van der Waals surface area contributed by atoms with E-state index in [0.717, 1.165) is 0 Å².